The molecule has 0 aliphatic carbocycles. The number of thioether (sulfide) groups is 1. The fourth-order valence-corrected chi connectivity index (χ4v) is 4.44. The van der Waals surface area contributed by atoms with Gasteiger partial charge in [-0.3, -0.25) is 0 Å². The SMILES string of the molecule is CS(=O)(=O)C1CSCCN1C[B-](F)(F)F.[K+]. The predicted octanol–water partition coefficient (Wildman–Crippen LogP) is -2.20. The Labute approximate surface area is 140 Å². The van der Waals surface area contributed by atoms with E-state index in [0.717, 1.165) is 11.2 Å². The van der Waals surface area contributed by atoms with Crippen LogP contribution in [0.25, 0.3) is 0 Å². The number of hydrogen-bond donors (Lipinski definition) is 0. The fraction of sp³-hybridized carbons (Fsp3) is 1.00. The van der Waals surface area contributed by atoms with Gasteiger partial charge in [-0.25, -0.2) is 8.42 Å². The van der Waals surface area contributed by atoms with Crippen LogP contribution in [0.1, 0.15) is 0 Å². The maximum absolute atomic E-state index is 12.2. The molecule has 1 fully saturated rings. The normalized spacial score (nSPS) is 23.9. The topological polar surface area (TPSA) is 37.4 Å². The van der Waals surface area contributed by atoms with Crippen molar-refractivity contribution in [2.24, 2.45) is 0 Å². The number of rotatable bonds is 3. The molecule has 1 rings (SSSR count). The Morgan fingerprint density at radius 2 is 2.00 bits per heavy atom. The third kappa shape index (κ3) is 6.08. The first-order valence-electron chi connectivity index (χ1n) is 4.42. The van der Waals surface area contributed by atoms with Crippen LogP contribution in [0.3, 0.4) is 0 Å². The van der Waals surface area contributed by atoms with Gasteiger partial charge in [0.25, 0.3) is 0 Å². The number of hydrogen-bond acceptors (Lipinski definition) is 4. The molecular formula is C6H12BF3KNO2S2. The van der Waals surface area contributed by atoms with Crippen LogP contribution in [0.5, 0.6) is 0 Å². The first-order valence-corrected chi connectivity index (χ1v) is 7.53. The summed E-state index contributed by atoms with van der Waals surface area (Å²) in [6.07, 6.45) is -0.0990. The molecule has 90 valence electrons. The quantitative estimate of drug-likeness (QED) is 0.554. The first kappa shape index (κ1) is 17.8. The molecule has 0 spiro atoms. The van der Waals surface area contributed by atoms with Gasteiger partial charge in [-0.05, 0) is 6.44 Å². The molecule has 0 aromatic rings. The van der Waals surface area contributed by atoms with E-state index in [0.29, 0.717) is 5.75 Å². The molecule has 3 nitrogen and oxygen atoms in total. The molecular weight excluding hydrogens is 289 g/mol. The van der Waals surface area contributed by atoms with E-state index in [1.165, 1.54) is 11.8 Å². The summed E-state index contributed by atoms with van der Waals surface area (Å²) >= 11 is 1.38. The van der Waals surface area contributed by atoms with E-state index in [1.807, 2.05) is 0 Å². The van der Waals surface area contributed by atoms with E-state index in [-0.39, 0.29) is 63.7 Å². The Hall–Kier alpha value is 1.75. The Bertz CT molecular complexity index is 324. The van der Waals surface area contributed by atoms with Crippen LogP contribution in [0.2, 0.25) is 0 Å². The van der Waals surface area contributed by atoms with Crippen molar-refractivity contribution in [2.45, 2.75) is 5.37 Å². The summed E-state index contributed by atoms with van der Waals surface area (Å²) < 4.78 is 59.2. The van der Waals surface area contributed by atoms with Crippen molar-refractivity contribution in [3.05, 3.63) is 0 Å². The Balaban J connectivity index is 0.00000225. The maximum atomic E-state index is 12.2. The minimum absolute atomic E-state index is 0. The second-order valence-electron chi connectivity index (χ2n) is 3.56. The third-order valence-electron chi connectivity index (χ3n) is 2.13. The van der Waals surface area contributed by atoms with E-state index in [4.69, 9.17) is 0 Å². The number of nitrogens with zero attached hydrogens (tertiary/aromatic N) is 1. The molecule has 0 radical (unpaired) electrons. The van der Waals surface area contributed by atoms with Crippen LogP contribution < -0.4 is 51.4 Å². The van der Waals surface area contributed by atoms with Crippen LogP contribution in [0.15, 0.2) is 0 Å². The molecule has 1 unspecified atom stereocenters. The van der Waals surface area contributed by atoms with Gasteiger partial charge in [0.15, 0.2) is 9.84 Å². The van der Waals surface area contributed by atoms with E-state index < -0.39 is 28.6 Å². The molecule has 1 aliphatic rings. The first-order chi connectivity index (χ1) is 6.70. The van der Waals surface area contributed by atoms with Crippen LogP contribution in [0, 0.1) is 0 Å². The zero-order chi connectivity index (χ0) is 11.7. The predicted molar refractivity (Wildman–Crippen MR) is 56.6 cm³/mol. The van der Waals surface area contributed by atoms with Crippen molar-refractivity contribution in [3.8, 4) is 0 Å². The molecule has 0 aromatic carbocycles. The fourth-order valence-electron chi connectivity index (χ4n) is 1.48. The summed E-state index contributed by atoms with van der Waals surface area (Å²) in [4.78, 5) is 1.02. The summed E-state index contributed by atoms with van der Waals surface area (Å²) in [5.74, 6) is 0.781. The second-order valence-corrected chi connectivity index (χ2v) is 6.92. The third-order valence-corrected chi connectivity index (χ3v) is 4.81. The van der Waals surface area contributed by atoms with Gasteiger partial charge in [0.1, 0.15) is 5.37 Å². The summed E-state index contributed by atoms with van der Waals surface area (Å²) in [6.45, 7) is -4.77. The molecule has 1 aliphatic heterocycles. The van der Waals surface area contributed by atoms with Gasteiger partial charge in [0.05, 0.1) is 0 Å². The van der Waals surface area contributed by atoms with Crippen LogP contribution >= 0.6 is 11.8 Å². The van der Waals surface area contributed by atoms with E-state index in [2.05, 4.69) is 0 Å². The average Bonchev–Trinajstić information content (AvgIpc) is 1.99. The van der Waals surface area contributed by atoms with Crippen molar-refractivity contribution in [1.82, 2.24) is 4.90 Å². The van der Waals surface area contributed by atoms with Crippen molar-refractivity contribution < 1.29 is 72.7 Å². The van der Waals surface area contributed by atoms with E-state index >= 15 is 0 Å². The van der Waals surface area contributed by atoms with Crippen molar-refractivity contribution >= 4 is 28.6 Å². The van der Waals surface area contributed by atoms with Gasteiger partial charge < -0.3 is 17.8 Å². The van der Waals surface area contributed by atoms with Crippen LogP contribution in [0.4, 0.5) is 12.9 Å². The van der Waals surface area contributed by atoms with E-state index in [9.17, 15) is 21.4 Å². The van der Waals surface area contributed by atoms with Crippen molar-refractivity contribution in [1.29, 1.82) is 0 Å². The van der Waals surface area contributed by atoms with Gasteiger partial charge in [-0.1, -0.05) is 0 Å². The maximum Gasteiger partial charge on any atom is 1.00 e. The van der Waals surface area contributed by atoms with Gasteiger partial charge in [-0.15, -0.1) is 0 Å². The standard InChI is InChI=1S/C6H12BF3NO2S2.K/c1-15(12,13)6-4-14-3-2-11(6)5-7(8,9)10;/h6H,2-5H2,1H3;/q-1;+1. The molecule has 0 N–H and O–H groups in total. The summed E-state index contributed by atoms with van der Waals surface area (Å²) in [7, 11) is -3.43. The summed E-state index contributed by atoms with van der Waals surface area (Å²) in [5.41, 5.74) is 0. The average molecular weight is 301 g/mol. The Morgan fingerprint density at radius 1 is 1.44 bits per heavy atom. The molecule has 0 bridgehead atoms. The minimum Gasteiger partial charge on any atom is -0.448 e. The van der Waals surface area contributed by atoms with Gasteiger partial charge in [0.2, 0.25) is 0 Å². The van der Waals surface area contributed by atoms with Crippen molar-refractivity contribution in [2.75, 3.05) is 30.8 Å². The largest absolute Gasteiger partial charge is 1.00 e. The smallest absolute Gasteiger partial charge is 0.448 e. The second kappa shape index (κ2) is 6.78. The summed E-state index contributed by atoms with van der Waals surface area (Å²) in [6, 6.07) is 0. The zero-order valence-electron chi connectivity index (χ0n) is 9.20. The number of halogens is 3. The van der Waals surface area contributed by atoms with E-state index in [1.54, 1.807) is 0 Å². The zero-order valence-corrected chi connectivity index (χ0v) is 14.0. The molecule has 0 aromatic heterocycles. The van der Waals surface area contributed by atoms with Gasteiger partial charge in [0, 0.05) is 24.3 Å². The molecule has 16 heavy (non-hydrogen) atoms. The molecule has 0 saturated carbocycles. The minimum atomic E-state index is -4.96. The molecule has 10 heteroatoms. The molecule has 1 saturated heterocycles. The molecule has 1 heterocycles. The van der Waals surface area contributed by atoms with Crippen molar-refractivity contribution in [3.63, 3.8) is 0 Å². The van der Waals surface area contributed by atoms with Crippen LogP contribution in [-0.4, -0.2) is 56.4 Å². The molecule has 1 atom stereocenters. The van der Waals surface area contributed by atoms with Gasteiger partial charge >= 0.3 is 58.4 Å². The Kier molecular flexibility index (Phi) is 7.53. The Morgan fingerprint density at radius 3 is 2.44 bits per heavy atom. The monoisotopic (exact) mass is 301 g/mol. The molecule has 0 amide bonds. The van der Waals surface area contributed by atoms with Crippen LogP contribution in [-0.2, 0) is 9.84 Å². The summed E-state index contributed by atoms with van der Waals surface area (Å²) in [5, 5.41) is -0.986. The van der Waals surface area contributed by atoms with Gasteiger partial charge in [-0.2, -0.15) is 11.8 Å². The number of sulfone groups is 1.